The lowest BCUT2D eigenvalue weighted by molar-refractivity contribution is -0.384. The van der Waals surface area contributed by atoms with E-state index < -0.39 is 16.5 Å². The third-order valence-corrected chi connectivity index (χ3v) is 3.11. The van der Waals surface area contributed by atoms with Crippen LogP contribution < -0.4 is 5.32 Å². The van der Waals surface area contributed by atoms with Crippen molar-refractivity contribution in [2.24, 2.45) is 0 Å². The molecule has 20 heavy (non-hydrogen) atoms. The molecule has 0 saturated carbocycles. The summed E-state index contributed by atoms with van der Waals surface area (Å²) in [7, 11) is 0. The largest absolute Gasteiger partial charge is 0.377 e. The van der Waals surface area contributed by atoms with Gasteiger partial charge in [0.2, 0.25) is 0 Å². The Morgan fingerprint density at radius 2 is 2.30 bits per heavy atom. The molecule has 0 spiro atoms. The van der Waals surface area contributed by atoms with Gasteiger partial charge in [0.15, 0.2) is 5.79 Å². The number of nitro benzene ring substituents is 1. The molecule has 0 radical (unpaired) electrons. The predicted molar refractivity (Wildman–Crippen MR) is 71.5 cm³/mol. The van der Waals surface area contributed by atoms with Gasteiger partial charge in [-0.3, -0.25) is 10.1 Å². The summed E-state index contributed by atoms with van der Waals surface area (Å²) in [6.07, 6.45) is -0.261. The molecule has 2 rings (SSSR count). The van der Waals surface area contributed by atoms with E-state index in [9.17, 15) is 14.5 Å². The summed E-state index contributed by atoms with van der Waals surface area (Å²) in [5, 5.41) is 13.4. The first kappa shape index (κ1) is 15.0. The fraction of sp³-hybridized carbons (Fsp3) is 0.500. The van der Waals surface area contributed by atoms with Gasteiger partial charge in [-0.25, -0.2) is 4.39 Å². The molecule has 0 aromatic heterocycles. The summed E-state index contributed by atoms with van der Waals surface area (Å²) in [4.78, 5) is 10.3. The van der Waals surface area contributed by atoms with Crippen molar-refractivity contribution in [3.63, 3.8) is 0 Å². The highest BCUT2D eigenvalue weighted by Crippen LogP contribution is 2.31. The fourth-order valence-corrected chi connectivity index (χ4v) is 2.07. The van der Waals surface area contributed by atoms with Crippen LogP contribution in [-0.4, -0.2) is 30.0 Å². The molecule has 8 heteroatoms. The zero-order chi connectivity index (χ0) is 14.9. The minimum absolute atomic E-state index is 0.0604. The Labute approximate surface area is 120 Å². The monoisotopic (exact) mass is 304 g/mol. The van der Waals surface area contributed by atoms with Crippen LogP contribution in [0.5, 0.6) is 0 Å². The summed E-state index contributed by atoms with van der Waals surface area (Å²) >= 11 is 5.54. The fourth-order valence-electron chi connectivity index (χ4n) is 1.92. The van der Waals surface area contributed by atoms with Crippen LogP contribution >= 0.6 is 11.6 Å². The highest BCUT2D eigenvalue weighted by Gasteiger charge is 2.32. The molecule has 1 saturated heterocycles. The van der Waals surface area contributed by atoms with Crippen LogP contribution in [0.2, 0.25) is 5.02 Å². The van der Waals surface area contributed by atoms with Crippen LogP contribution in [0.25, 0.3) is 0 Å². The minimum Gasteiger partial charge on any atom is -0.377 e. The van der Waals surface area contributed by atoms with Crippen LogP contribution in [0, 0.1) is 15.9 Å². The van der Waals surface area contributed by atoms with Gasteiger partial charge in [0.05, 0.1) is 16.6 Å². The Morgan fingerprint density at radius 1 is 1.60 bits per heavy atom. The predicted octanol–water partition coefficient (Wildman–Crippen LogP) is 2.95. The number of nitro groups is 1. The Morgan fingerprint density at radius 3 is 2.85 bits per heavy atom. The molecule has 0 bridgehead atoms. The Balaban J connectivity index is 2.09. The average molecular weight is 305 g/mol. The van der Waals surface area contributed by atoms with E-state index in [4.69, 9.17) is 21.1 Å². The number of rotatable bonds is 4. The van der Waals surface area contributed by atoms with Gasteiger partial charge in [-0.1, -0.05) is 11.6 Å². The number of benzene rings is 1. The Hall–Kier alpha value is -1.44. The van der Waals surface area contributed by atoms with E-state index in [2.05, 4.69) is 5.32 Å². The second-order valence-corrected chi connectivity index (χ2v) is 5.28. The molecule has 1 N–H and O–H groups in total. The first-order chi connectivity index (χ1) is 9.28. The number of ether oxygens (including phenoxy) is 2. The van der Waals surface area contributed by atoms with Gasteiger partial charge < -0.3 is 14.8 Å². The third-order valence-electron chi connectivity index (χ3n) is 2.82. The highest BCUT2D eigenvalue weighted by molar-refractivity contribution is 6.31. The van der Waals surface area contributed by atoms with Gasteiger partial charge in [0.1, 0.15) is 17.6 Å². The number of nitrogens with one attached hydrogen (secondary N) is 1. The number of nitrogens with zero attached hydrogens (tertiary/aromatic N) is 1. The Kier molecular flexibility index (Phi) is 4.12. The maximum absolute atomic E-state index is 13.4. The zero-order valence-electron chi connectivity index (χ0n) is 11.0. The lowest BCUT2D eigenvalue weighted by Gasteiger charge is -2.17. The standard InChI is InChI=1S/C12H14ClFN2O4/c1-12(2)19-6-7(20-12)5-15-10-4-9(14)8(13)3-11(10)16(17)18/h3-4,7,15H,5-6H2,1-2H3. The van der Waals surface area contributed by atoms with Crippen molar-refractivity contribution < 1.29 is 18.8 Å². The topological polar surface area (TPSA) is 73.6 Å². The summed E-state index contributed by atoms with van der Waals surface area (Å²) in [6, 6.07) is 1.98. The third kappa shape index (κ3) is 3.36. The second-order valence-electron chi connectivity index (χ2n) is 4.87. The van der Waals surface area contributed by atoms with Gasteiger partial charge in [0, 0.05) is 18.7 Å². The van der Waals surface area contributed by atoms with E-state index in [-0.39, 0.29) is 29.0 Å². The van der Waals surface area contributed by atoms with Crippen LogP contribution in [-0.2, 0) is 9.47 Å². The Bertz CT molecular complexity index is 538. The molecule has 1 atom stereocenters. The number of hydrogen-bond donors (Lipinski definition) is 1. The number of hydrogen-bond acceptors (Lipinski definition) is 5. The summed E-state index contributed by atoms with van der Waals surface area (Å²) < 4.78 is 24.3. The summed E-state index contributed by atoms with van der Waals surface area (Å²) in [5.41, 5.74) is -0.222. The van der Waals surface area contributed by atoms with Crippen molar-refractivity contribution in [3.8, 4) is 0 Å². The lowest BCUT2D eigenvalue weighted by atomic mass is 10.2. The maximum Gasteiger partial charge on any atom is 0.294 e. The highest BCUT2D eigenvalue weighted by atomic mass is 35.5. The molecule has 1 unspecified atom stereocenters. The number of halogens is 2. The van der Waals surface area contributed by atoms with Crippen molar-refractivity contribution in [1.82, 2.24) is 0 Å². The van der Waals surface area contributed by atoms with Gasteiger partial charge >= 0.3 is 0 Å². The smallest absolute Gasteiger partial charge is 0.294 e. The minimum atomic E-state index is -0.719. The van der Waals surface area contributed by atoms with E-state index >= 15 is 0 Å². The molecule has 1 aliphatic rings. The zero-order valence-corrected chi connectivity index (χ0v) is 11.7. The SMILES string of the molecule is CC1(C)OCC(CNc2cc(F)c(Cl)cc2[N+](=O)[O-])O1. The lowest BCUT2D eigenvalue weighted by Crippen LogP contribution is -2.26. The van der Waals surface area contributed by atoms with Crippen LogP contribution in [0.4, 0.5) is 15.8 Å². The molecule has 1 aromatic carbocycles. The first-order valence-electron chi connectivity index (χ1n) is 5.97. The normalized spacial score (nSPS) is 20.9. The van der Waals surface area contributed by atoms with Crippen LogP contribution in [0.1, 0.15) is 13.8 Å². The average Bonchev–Trinajstić information content (AvgIpc) is 2.69. The van der Waals surface area contributed by atoms with Crippen molar-refractivity contribution in [3.05, 3.63) is 33.1 Å². The second kappa shape index (κ2) is 5.51. The molecule has 1 fully saturated rings. The van der Waals surface area contributed by atoms with Gasteiger partial charge in [-0.2, -0.15) is 0 Å². The van der Waals surface area contributed by atoms with Gasteiger partial charge in [-0.15, -0.1) is 0 Å². The van der Waals surface area contributed by atoms with Gasteiger partial charge in [0.25, 0.3) is 5.69 Å². The van der Waals surface area contributed by atoms with Crippen molar-refractivity contribution in [2.45, 2.75) is 25.7 Å². The molecular formula is C12H14ClFN2O4. The molecule has 110 valence electrons. The van der Waals surface area contributed by atoms with E-state index in [0.29, 0.717) is 6.61 Å². The maximum atomic E-state index is 13.4. The van der Waals surface area contributed by atoms with E-state index in [1.165, 1.54) is 0 Å². The van der Waals surface area contributed by atoms with Crippen molar-refractivity contribution in [1.29, 1.82) is 0 Å². The van der Waals surface area contributed by atoms with Crippen molar-refractivity contribution in [2.75, 3.05) is 18.5 Å². The first-order valence-corrected chi connectivity index (χ1v) is 6.35. The van der Waals surface area contributed by atoms with Crippen molar-refractivity contribution >= 4 is 23.0 Å². The molecule has 0 aliphatic carbocycles. The van der Waals surface area contributed by atoms with Crippen LogP contribution in [0.3, 0.4) is 0 Å². The molecule has 0 amide bonds. The van der Waals surface area contributed by atoms with E-state index in [1.54, 1.807) is 13.8 Å². The van der Waals surface area contributed by atoms with E-state index in [0.717, 1.165) is 12.1 Å². The molecule has 1 aliphatic heterocycles. The summed E-state index contributed by atoms with van der Waals surface area (Å²) in [6.45, 7) is 4.18. The molecular weight excluding hydrogens is 291 g/mol. The van der Waals surface area contributed by atoms with E-state index in [1.807, 2.05) is 0 Å². The van der Waals surface area contributed by atoms with Crippen LogP contribution in [0.15, 0.2) is 12.1 Å². The summed E-state index contributed by atoms with van der Waals surface area (Å²) in [5.74, 6) is -1.40. The molecule has 6 nitrogen and oxygen atoms in total. The quantitative estimate of drug-likeness (QED) is 0.684. The number of anilines is 1. The van der Waals surface area contributed by atoms with Gasteiger partial charge in [-0.05, 0) is 13.8 Å². The molecule has 1 heterocycles. The molecule has 1 aromatic rings.